The number of nitrogens with two attached hydrogens (primary N) is 1. The monoisotopic (exact) mass is 288 g/mol. The van der Waals surface area contributed by atoms with E-state index in [9.17, 15) is 8.42 Å². The Kier molecular flexibility index (Phi) is 4.11. The summed E-state index contributed by atoms with van der Waals surface area (Å²) in [7, 11) is -3.37. The maximum atomic E-state index is 12.7. The highest BCUT2D eigenvalue weighted by Crippen LogP contribution is 2.34. The summed E-state index contributed by atoms with van der Waals surface area (Å²) in [5.41, 5.74) is 6.46. The van der Waals surface area contributed by atoms with Crippen molar-refractivity contribution in [3.05, 3.63) is 15.8 Å². The normalized spacial score (nSPS) is 16.4. The molecular formula is C12H20N2O2S2. The van der Waals surface area contributed by atoms with Crippen molar-refractivity contribution in [3.8, 4) is 0 Å². The van der Waals surface area contributed by atoms with Crippen LogP contribution >= 0.6 is 11.3 Å². The summed E-state index contributed by atoms with van der Waals surface area (Å²) in [5, 5.41) is 1.88. The third-order valence-corrected chi connectivity index (χ3v) is 6.71. The molecule has 1 aliphatic rings. The fraction of sp³-hybridized carbons (Fsp3) is 0.667. The summed E-state index contributed by atoms with van der Waals surface area (Å²) in [6, 6.07) is 0. The first kappa shape index (κ1) is 14.0. The molecule has 1 saturated carbocycles. The molecule has 18 heavy (non-hydrogen) atoms. The van der Waals surface area contributed by atoms with E-state index in [-0.39, 0.29) is 6.54 Å². The molecule has 0 aliphatic heterocycles. The molecule has 0 saturated heterocycles. The zero-order valence-corrected chi connectivity index (χ0v) is 12.5. The van der Waals surface area contributed by atoms with Gasteiger partial charge >= 0.3 is 0 Å². The second-order valence-corrected chi connectivity index (χ2v) is 7.61. The highest BCUT2D eigenvalue weighted by atomic mass is 32.2. The molecule has 1 heterocycles. The molecule has 102 valence electrons. The molecule has 1 aromatic heterocycles. The van der Waals surface area contributed by atoms with Crippen molar-refractivity contribution in [3.63, 3.8) is 0 Å². The molecule has 1 fully saturated rings. The Morgan fingerprint density at radius 3 is 2.67 bits per heavy atom. The standard InChI is InChI=1S/C12H20N2O2S2/c1-3-14(7-10-4-5-10)18(15,16)12-9(2)8-17-11(12)6-13/h8,10H,3-7,13H2,1-2H3. The van der Waals surface area contributed by atoms with Gasteiger partial charge in [-0.05, 0) is 36.6 Å². The van der Waals surface area contributed by atoms with Crippen molar-refractivity contribution >= 4 is 21.4 Å². The van der Waals surface area contributed by atoms with Crippen molar-refractivity contribution in [1.82, 2.24) is 4.31 Å². The van der Waals surface area contributed by atoms with Gasteiger partial charge in [0.05, 0.1) is 0 Å². The van der Waals surface area contributed by atoms with Gasteiger partial charge < -0.3 is 5.73 Å². The predicted octanol–water partition coefficient (Wildman–Crippen LogP) is 1.94. The Morgan fingerprint density at radius 2 is 2.17 bits per heavy atom. The quantitative estimate of drug-likeness (QED) is 0.870. The van der Waals surface area contributed by atoms with Crippen LogP contribution < -0.4 is 5.73 Å². The highest BCUT2D eigenvalue weighted by Gasteiger charge is 2.33. The number of thiophene rings is 1. The van der Waals surface area contributed by atoms with E-state index in [0.29, 0.717) is 23.9 Å². The van der Waals surface area contributed by atoms with E-state index >= 15 is 0 Å². The fourth-order valence-corrected chi connectivity index (χ4v) is 5.27. The van der Waals surface area contributed by atoms with Crippen molar-refractivity contribution in [2.75, 3.05) is 13.1 Å². The molecule has 0 unspecified atom stereocenters. The zero-order chi connectivity index (χ0) is 13.3. The van der Waals surface area contributed by atoms with E-state index < -0.39 is 10.0 Å². The summed E-state index contributed by atoms with van der Waals surface area (Å²) in [4.78, 5) is 1.21. The van der Waals surface area contributed by atoms with Crippen LogP contribution in [0.15, 0.2) is 10.3 Å². The Hall–Kier alpha value is -0.430. The van der Waals surface area contributed by atoms with E-state index in [1.54, 1.807) is 4.31 Å². The van der Waals surface area contributed by atoms with Crippen LogP contribution in [0.5, 0.6) is 0 Å². The van der Waals surface area contributed by atoms with Crippen molar-refractivity contribution in [1.29, 1.82) is 0 Å². The summed E-state index contributed by atoms with van der Waals surface area (Å²) in [6.45, 7) is 5.20. The van der Waals surface area contributed by atoms with Gasteiger partial charge in [-0.1, -0.05) is 6.92 Å². The minimum atomic E-state index is -3.37. The van der Waals surface area contributed by atoms with E-state index in [0.717, 1.165) is 23.3 Å². The molecule has 4 nitrogen and oxygen atoms in total. The van der Waals surface area contributed by atoms with Gasteiger partial charge in [-0.15, -0.1) is 11.3 Å². The van der Waals surface area contributed by atoms with Crippen molar-refractivity contribution in [2.45, 2.75) is 38.1 Å². The molecule has 1 aliphatic carbocycles. The summed E-state index contributed by atoms with van der Waals surface area (Å²) >= 11 is 1.43. The van der Waals surface area contributed by atoms with Gasteiger partial charge in [0.1, 0.15) is 4.90 Å². The van der Waals surface area contributed by atoms with Crippen molar-refractivity contribution < 1.29 is 8.42 Å². The Labute approximate surface area is 113 Å². The summed E-state index contributed by atoms with van der Waals surface area (Å²) < 4.78 is 26.9. The molecule has 6 heteroatoms. The molecule has 0 bridgehead atoms. The summed E-state index contributed by atoms with van der Waals surface area (Å²) in [5.74, 6) is 0.556. The number of rotatable bonds is 6. The van der Waals surface area contributed by atoms with E-state index in [1.807, 2.05) is 19.2 Å². The largest absolute Gasteiger partial charge is 0.326 e. The van der Waals surface area contributed by atoms with Gasteiger partial charge in [-0.2, -0.15) is 4.31 Å². The van der Waals surface area contributed by atoms with Gasteiger partial charge in [0.15, 0.2) is 0 Å². The Morgan fingerprint density at radius 1 is 1.50 bits per heavy atom. The average Bonchev–Trinajstić information content (AvgIpc) is 3.07. The third-order valence-electron chi connectivity index (χ3n) is 3.28. The van der Waals surface area contributed by atoms with E-state index in [1.165, 1.54) is 11.3 Å². The number of hydrogen-bond donors (Lipinski definition) is 1. The van der Waals surface area contributed by atoms with Crippen LogP contribution in [0, 0.1) is 12.8 Å². The Bertz CT molecular complexity index is 518. The van der Waals surface area contributed by atoms with E-state index in [2.05, 4.69) is 0 Å². The number of nitrogens with zero attached hydrogens (tertiary/aromatic N) is 1. The lowest BCUT2D eigenvalue weighted by atomic mass is 10.3. The van der Waals surface area contributed by atoms with Crippen LogP contribution in [0.2, 0.25) is 0 Å². The minimum Gasteiger partial charge on any atom is -0.326 e. The predicted molar refractivity (Wildman–Crippen MR) is 74.1 cm³/mol. The Balaban J connectivity index is 2.35. The topological polar surface area (TPSA) is 63.4 Å². The van der Waals surface area contributed by atoms with Gasteiger partial charge in [-0.3, -0.25) is 0 Å². The zero-order valence-electron chi connectivity index (χ0n) is 10.8. The number of sulfonamides is 1. The molecular weight excluding hydrogens is 268 g/mol. The molecule has 2 N–H and O–H groups in total. The third kappa shape index (κ3) is 2.61. The van der Waals surface area contributed by atoms with Crippen LogP contribution in [-0.4, -0.2) is 25.8 Å². The SMILES string of the molecule is CCN(CC1CC1)S(=O)(=O)c1c(C)csc1CN. The molecule has 1 aromatic rings. The molecule has 2 rings (SSSR count). The van der Waals surface area contributed by atoms with Crippen LogP contribution in [0.3, 0.4) is 0 Å². The second-order valence-electron chi connectivity index (χ2n) is 4.77. The summed E-state index contributed by atoms with van der Waals surface area (Å²) in [6.07, 6.45) is 2.30. The van der Waals surface area contributed by atoms with Gasteiger partial charge in [0.2, 0.25) is 10.0 Å². The lowest BCUT2D eigenvalue weighted by Crippen LogP contribution is -2.33. The number of hydrogen-bond acceptors (Lipinski definition) is 4. The molecule has 0 spiro atoms. The van der Waals surface area contributed by atoms with Gasteiger partial charge in [-0.25, -0.2) is 8.42 Å². The number of aryl methyl sites for hydroxylation is 1. The molecule has 0 atom stereocenters. The lowest BCUT2D eigenvalue weighted by molar-refractivity contribution is 0.411. The van der Waals surface area contributed by atoms with Crippen LogP contribution in [0.4, 0.5) is 0 Å². The second kappa shape index (κ2) is 5.28. The first-order valence-electron chi connectivity index (χ1n) is 6.27. The van der Waals surface area contributed by atoms with Crippen LogP contribution in [0.25, 0.3) is 0 Å². The van der Waals surface area contributed by atoms with Gasteiger partial charge in [0.25, 0.3) is 0 Å². The maximum Gasteiger partial charge on any atom is 0.244 e. The molecule has 0 radical (unpaired) electrons. The first-order valence-corrected chi connectivity index (χ1v) is 8.59. The van der Waals surface area contributed by atoms with Crippen LogP contribution in [0.1, 0.15) is 30.2 Å². The fourth-order valence-electron chi connectivity index (χ4n) is 2.09. The average molecular weight is 288 g/mol. The minimum absolute atomic E-state index is 0.286. The maximum absolute atomic E-state index is 12.7. The van der Waals surface area contributed by atoms with Crippen LogP contribution in [-0.2, 0) is 16.6 Å². The highest BCUT2D eigenvalue weighted by molar-refractivity contribution is 7.89. The first-order chi connectivity index (χ1) is 8.50. The van der Waals surface area contributed by atoms with Crippen molar-refractivity contribution in [2.24, 2.45) is 11.7 Å². The smallest absolute Gasteiger partial charge is 0.244 e. The lowest BCUT2D eigenvalue weighted by Gasteiger charge is -2.21. The molecule has 0 aromatic carbocycles. The van der Waals surface area contributed by atoms with Gasteiger partial charge in [0, 0.05) is 24.5 Å². The van der Waals surface area contributed by atoms with E-state index in [4.69, 9.17) is 5.73 Å². The molecule has 0 amide bonds.